The number of carbonyl (C=O) groups excluding carboxylic acids is 1. The molecule has 1 rings (SSSR count). The van der Waals surface area contributed by atoms with Crippen molar-refractivity contribution >= 4 is 6.47 Å². The highest BCUT2D eigenvalue weighted by Gasteiger charge is 2.19. The molecule has 4 N–H and O–H groups in total. The minimum absolute atomic E-state index is 0.0417. The molecule has 2 unspecified atom stereocenters. The molecule has 0 aliphatic carbocycles. The summed E-state index contributed by atoms with van der Waals surface area (Å²) in [4.78, 5) is 9.60. The summed E-state index contributed by atoms with van der Waals surface area (Å²) in [6.07, 6.45) is -0.319. The van der Waals surface area contributed by atoms with E-state index in [0.717, 1.165) is 6.54 Å². The van der Waals surface area contributed by atoms with E-state index in [-0.39, 0.29) is 17.7 Å². The summed E-state index contributed by atoms with van der Waals surface area (Å²) in [6.45, 7) is 7.33. The molecule has 0 bridgehead atoms. The van der Waals surface area contributed by atoms with Crippen molar-refractivity contribution in [3.63, 3.8) is 0 Å². The summed E-state index contributed by atoms with van der Waals surface area (Å²) in [7, 11) is 0. The Hall–Kier alpha value is -0.650. The van der Waals surface area contributed by atoms with Gasteiger partial charge in [0.2, 0.25) is 0 Å². The van der Waals surface area contributed by atoms with Gasteiger partial charge in [-0.1, -0.05) is 0 Å². The number of carbonyl (C=O) groups is 1. The zero-order valence-corrected chi connectivity index (χ0v) is 8.99. The third-order valence-corrected chi connectivity index (χ3v) is 1.63. The van der Waals surface area contributed by atoms with E-state index in [1.165, 1.54) is 0 Å². The van der Waals surface area contributed by atoms with Gasteiger partial charge < -0.3 is 20.9 Å². The zero-order chi connectivity index (χ0) is 11.2. The number of nitrogens with one attached hydrogen (secondary N) is 1. The first-order chi connectivity index (χ1) is 6.37. The molecule has 0 saturated carbocycles. The Morgan fingerprint density at radius 3 is 2.14 bits per heavy atom. The Labute approximate surface area is 84.6 Å². The van der Waals surface area contributed by atoms with E-state index in [1.54, 1.807) is 0 Å². The number of aliphatic hydroxyl groups excluding tert-OH is 1. The van der Waals surface area contributed by atoms with Crippen molar-refractivity contribution in [2.75, 3.05) is 13.1 Å². The number of ether oxygens (including phenoxy) is 1. The third-order valence-electron chi connectivity index (χ3n) is 1.63. The molecule has 2 atom stereocenters. The summed E-state index contributed by atoms with van der Waals surface area (Å²) < 4.78 is 4.55. The predicted octanol–water partition coefficient (Wildman–Crippen LogP) is -0.764. The highest BCUT2D eigenvalue weighted by molar-refractivity contribution is 5.37. The van der Waals surface area contributed by atoms with E-state index in [4.69, 9.17) is 10.8 Å². The Kier molecular flexibility index (Phi) is 5.68. The molecule has 1 fully saturated rings. The van der Waals surface area contributed by atoms with Crippen LogP contribution in [0.3, 0.4) is 0 Å². The summed E-state index contributed by atoms with van der Waals surface area (Å²) in [5, 5.41) is 11.8. The fourth-order valence-corrected chi connectivity index (χ4v) is 0.830. The minimum Gasteiger partial charge on any atom is -0.462 e. The van der Waals surface area contributed by atoms with Crippen LogP contribution in [0.25, 0.3) is 0 Å². The molecule has 5 heteroatoms. The number of β-amino-alcohol motifs (C(OH)–C–C–N with tert-alkyl or cyclic N) is 1. The van der Waals surface area contributed by atoms with Gasteiger partial charge in [-0.25, -0.2) is 0 Å². The van der Waals surface area contributed by atoms with Gasteiger partial charge in [0.1, 0.15) is 5.60 Å². The van der Waals surface area contributed by atoms with Gasteiger partial charge in [0.05, 0.1) is 6.10 Å². The van der Waals surface area contributed by atoms with Gasteiger partial charge in [-0.2, -0.15) is 0 Å². The summed E-state index contributed by atoms with van der Waals surface area (Å²) in [6, 6.07) is -0.0417. The Morgan fingerprint density at radius 2 is 2.07 bits per heavy atom. The quantitative estimate of drug-likeness (QED) is 0.489. The van der Waals surface area contributed by atoms with Crippen molar-refractivity contribution in [2.24, 2.45) is 5.73 Å². The molecule has 0 amide bonds. The van der Waals surface area contributed by atoms with E-state index >= 15 is 0 Å². The molecule has 0 aromatic rings. The molecule has 1 saturated heterocycles. The topological polar surface area (TPSA) is 84.6 Å². The molecule has 1 aliphatic rings. The lowest BCUT2D eigenvalue weighted by Crippen LogP contribution is -2.32. The van der Waals surface area contributed by atoms with E-state index in [2.05, 4.69) is 10.1 Å². The number of nitrogens with two attached hydrogens (primary N) is 1. The summed E-state index contributed by atoms with van der Waals surface area (Å²) in [5.41, 5.74) is 5.05. The van der Waals surface area contributed by atoms with Gasteiger partial charge in [0.25, 0.3) is 6.47 Å². The molecule has 0 aromatic carbocycles. The lowest BCUT2D eigenvalue weighted by Gasteiger charge is -2.14. The maximum Gasteiger partial charge on any atom is 0.293 e. The average molecular weight is 204 g/mol. The largest absolute Gasteiger partial charge is 0.462 e. The highest BCUT2D eigenvalue weighted by atomic mass is 16.5. The van der Waals surface area contributed by atoms with E-state index in [0.29, 0.717) is 13.0 Å². The number of hydrogen-bond donors (Lipinski definition) is 3. The third kappa shape index (κ3) is 6.82. The van der Waals surface area contributed by atoms with Gasteiger partial charge in [-0.05, 0) is 20.8 Å². The van der Waals surface area contributed by atoms with Crippen LogP contribution in [0.1, 0.15) is 20.8 Å². The first-order valence-electron chi connectivity index (χ1n) is 4.62. The van der Waals surface area contributed by atoms with Gasteiger partial charge in [0, 0.05) is 19.1 Å². The van der Waals surface area contributed by atoms with Crippen molar-refractivity contribution in [1.82, 2.24) is 5.32 Å². The lowest BCUT2D eigenvalue weighted by atomic mass is 10.2. The second-order valence-electron chi connectivity index (χ2n) is 4.22. The van der Waals surface area contributed by atoms with E-state index in [1.807, 2.05) is 20.8 Å². The summed E-state index contributed by atoms with van der Waals surface area (Å²) in [5.74, 6) is 0. The van der Waals surface area contributed by atoms with Crippen molar-refractivity contribution in [3.05, 3.63) is 0 Å². The Bertz CT molecular complexity index is 160. The molecule has 1 aliphatic heterocycles. The van der Waals surface area contributed by atoms with Crippen LogP contribution in [-0.2, 0) is 9.53 Å². The fourth-order valence-electron chi connectivity index (χ4n) is 0.830. The molecule has 5 nitrogen and oxygen atoms in total. The van der Waals surface area contributed by atoms with Crippen LogP contribution in [0.2, 0.25) is 0 Å². The van der Waals surface area contributed by atoms with Crippen LogP contribution in [0.15, 0.2) is 0 Å². The maximum absolute atomic E-state index is 9.60. The van der Waals surface area contributed by atoms with Crippen molar-refractivity contribution in [1.29, 1.82) is 0 Å². The van der Waals surface area contributed by atoms with Gasteiger partial charge in [-0.15, -0.1) is 0 Å². The van der Waals surface area contributed by atoms with Crippen LogP contribution >= 0.6 is 0 Å². The normalized spacial score (nSPS) is 26.4. The average Bonchev–Trinajstić information content (AvgIpc) is 2.35. The van der Waals surface area contributed by atoms with E-state index in [9.17, 15) is 4.79 Å². The van der Waals surface area contributed by atoms with E-state index < -0.39 is 0 Å². The Morgan fingerprint density at radius 1 is 1.50 bits per heavy atom. The molecule has 1 heterocycles. The van der Waals surface area contributed by atoms with Crippen LogP contribution in [0, 0.1) is 0 Å². The molecule has 0 aromatic heterocycles. The SMILES string of the molecule is CC(C)(C)OC=O.NC1CNCC1O. The fraction of sp³-hybridized carbons (Fsp3) is 0.889. The molecular formula is C9H20N2O3. The lowest BCUT2D eigenvalue weighted by molar-refractivity contribution is -0.138. The predicted molar refractivity (Wildman–Crippen MR) is 53.8 cm³/mol. The van der Waals surface area contributed by atoms with Crippen LogP contribution in [0.4, 0.5) is 0 Å². The number of rotatable bonds is 1. The Balaban J connectivity index is 0.000000241. The molecule has 14 heavy (non-hydrogen) atoms. The van der Waals surface area contributed by atoms with Crippen LogP contribution in [-0.4, -0.2) is 42.4 Å². The van der Waals surface area contributed by atoms with Gasteiger partial charge >= 0.3 is 0 Å². The van der Waals surface area contributed by atoms with Crippen molar-refractivity contribution in [3.8, 4) is 0 Å². The van der Waals surface area contributed by atoms with Crippen molar-refractivity contribution < 1.29 is 14.6 Å². The highest BCUT2D eigenvalue weighted by Crippen LogP contribution is 2.02. The second kappa shape index (κ2) is 5.95. The van der Waals surface area contributed by atoms with Gasteiger partial charge in [-0.3, -0.25) is 4.79 Å². The van der Waals surface area contributed by atoms with Gasteiger partial charge in [0.15, 0.2) is 0 Å². The number of hydrogen-bond acceptors (Lipinski definition) is 5. The first-order valence-corrected chi connectivity index (χ1v) is 4.62. The first kappa shape index (κ1) is 13.4. The zero-order valence-electron chi connectivity index (χ0n) is 8.99. The second-order valence-corrected chi connectivity index (χ2v) is 4.22. The van der Waals surface area contributed by atoms with Crippen molar-refractivity contribution in [2.45, 2.75) is 38.5 Å². The molecule has 84 valence electrons. The number of aliphatic hydroxyl groups is 1. The van der Waals surface area contributed by atoms with Crippen LogP contribution < -0.4 is 11.1 Å². The molecular weight excluding hydrogens is 184 g/mol. The summed E-state index contributed by atoms with van der Waals surface area (Å²) >= 11 is 0. The molecule has 0 spiro atoms. The van der Waals surface area contributed by atoms with Crippen LogP contribution in [0.5, 0.6) is 0 Å². The maximum atomic E-state index is 9.60. The monoisotopic (exact) mass is 204 g/mol. The standard InChI is InChI=1S/C5H10O2.C4H10N2O/c1-5(2,3)7-4-6;5-3-1-6-2-4(3)7/h4H,1-3H3;3-4,6-7H,1-2,5H2. The molecule has 0 radical (unpaired) electrons. The smallest absolute Gasteiger partial charge is 0.293 e. The minimum atomic E-state index is -0.319.